The van der Waals surface area contributed by atoms with Crippen LogP contribution in [0.3, 0.4) is 0 Å². The van der Waals surface area contributed by atoms with Crippen LogP contribution in [0.25, 0.3) is 0 Å². The molecule has 2 rings (SSSR count). The van der Waals surface area contributed by atoms with Crippen LogP contribution < -0.4 is 16.8 Å². The molecule has 0 saturated carbocycles. The van der Waals surface area contributed by atoms with Crippen LogP contribution in [-0.2, 0) is 0 Å². The predicted molar refractivity (Wildman–Crippen MR) is 77.5 cm³/mol. The number of nitrogens with zero attached hydrogens (tertiary/aromatic N) is 2. The van der Waals surface area contributed by atoms with E-state index in [2.05, 4.69) is 15.3 Å². The molecule has 2 aromatic rings. The fraction of sp³-hybridized carbons (Fsp3) is 0.143. The molecule has 0 bridgehead atoms. The van der Waals surface area contributed by atoms with E-state index in [0.29, 0.717) is 5.69 Å². The fourth-order valence-corrected chi connectivity index (χ4v) is 1.85. The van der Waals surface area contributed by atoms with Crippen molar-refractivity contribution >= 4 is 17.5 Å². The Morgan fingerprint density at radius 1 is 1.10 bits per heavy atom. The van der Waals surface area contributed by atoms with Crippen molar-refractivity contribution in [1.29, 1.82) is 0 Å². The van der Waals surface area contributed by atoms with Gasteiger partial charge in [-0.15, -0.1) is 0 Å². The van der Waals surface area contributed by atoms with Crippen molar-refractivity contribution in [3.8, 4) is 0 Å². The monoisotopic (exact) mass is 285 g/mol. The zero-order valence-corrected chi connectivity index (χ0v) is 11.4. The molecule has 7 nitrogen and oxygen atoms in total. The Bertz CT molecular complexity index is 640. The maximum absolute atomic E-state index is 11.3. The second-order valence-corrected chi connectivity index (χ2v) is 4.52. The van der Waals surface area contributed by atoms with E-state index in [1.165, 1.54) is 6.07 Å². The number of amides is 2. The topological polar surface area (TPSA) is 124 Å². The molecule has 1 atom stereocenters. The van der Waals surface area contributed by atoms with Crippen molar-refractivity contribution in [2.75, 3.05) is 5.32 Å². The van der Waals surface area contributed by atoms with E-state index in [0.717, 1.165) is 5.69 Å². The van der Waals surface area contributed by atoms with Crippen molar-refractivity contribution in [3.05, 3.63) is 53.6 Å². The average Bonchev–Trinajstić information content (AvgIpc) is 2.47. The average molecular weight is 285 g/mol. The van der Waals surface area contributed by atoms with Gasteiger partial charge in [0.1, 0.15) is 0 Å². The van der Waals surface area contributed by atoms with Gasteiger partial charge < -0.3 is 16.8 Å². The Kier molecular flexibility index (Phi) is 4.13. The van der Waals surface area contributed by atoms with E-state index >= 15 is 0 Å². The lowest BCUT2D eigenvalue weighted by atomic mass is 10.1. The van der Waals surface area contributed by atoms with Crippen LogP contribution in [0.4, 0.5) is 5.69 Å². The standard InChI is InChI=1S/C14H15N5O2/c1-8(12-7-17-2-3-18-12)19-11-5-9(13(15)20)4-10(6-11)14(16)21/h2-8,19H,1H3,(H2,15,20)(H2,16,21). The van der Waals surface area contributed by atoms with E-state index in [-0.39, 0.29) is 17.2 Å². The molecule has 0 radical (unpaired) electrons. The van der Waals surface area contributed by atoms with E-state index in [1.54, 1.807) is 30.7 Å². The van der Waals surface area contributed by atoms with Crippen molar-refractivity contribution in [2.24, 2.45) is 11.5 Å². The molecular weight excluding hydrogens is 270 g/mol. The number of anilines is 1. The molecule has 0 aliphatic heterocycles. The number of aromatic nitrogens is 2. The van der Waals surface area contributed by atoms with Crippen LogP contribution >= 0.6 is 0 Å². The lowest BCUT2D eigenvalue weighted by molar-refractivity contribution is 0.0999. The summed E-state index contributed by atoms with van der Waals surface area (Å²) in [5.41, 5.74) is 12.2. The normalized spacial score (nSPS) is 11.7. The molecule has 1 heterocycles. The molecular formula is C14H15N5O2. The highest BCUT2D eigenvalue weighted by Crippen LogP contribution is 2.20. The number of nitrogens with two attached hydrogens (primary N) is 2. The molecule has 7 heteroatoms. The minimum atomic E-state index is -0.631. The number of hydrogen-bond acceptors (Lipinski definition) is 5. The van der Waals surface area contributed by atoms with Gasteiger partial charge in [0.25, 0.3) is 0 Å². The summed E-state index contributed by atoms with van der Waals surface area (Å²) in [6, 6.07) is 4.31. The lowest BCUT2D eigenvalue weighted by Crippen LogP contribution is -2.17. The van der Waals surface area contributed by atoms with Gasteiger partial charge in [-0.2, -0.15) is 0 Å². The summed E-state index contributed by atoms with van der Waals surface area (Å²) >= 11 is 0. The summed E-state index contributed by atoms with van der Waals surface area (Å²) in [4.78, 5) is 30.8. The molecule has 1 unspecified atom stereocenters. The molecule has 1 aromatic carbocycles. The SMILES string of the molecule is CC(Nc1cc(C(N)=O)cc(C(N)=O)c1)c1cnccn1. The Hall–Kier alpha value is -2.96. The summed E-state index contributed by atoms with van der Waals surface area (Å²) < 4.78 is 0. The predicted octanol–water partition coefficient (Wildman–Crippen LogP) is 0.847. The van der Waals surface area contributed by atoms with Gasteiger partial charge in [0.2, 0.25) is 11.8 Å². The highest BCUT2D eigenvalue weighted by molar-refractivity contribution is 5.99. The number of hydrogen-bond donors (Lipinski definition) is 3. The first kappa shape index (κ1) is 14.4. The van der Waals surface area contributed by atoms with Crippen LogP contribution in [0.2, 0.25) is 0 Å². The fourth-order valence-electron chi connectivity index (χ4n) is 1.85. The van der Waals surface area contributed by atoms with Gasteiger partial charge in [-0.25, -0.2) is 0 Å². The molecule has 0 aliphatic carbocycles. The third-order valence-electron chi connectivity index (χ3n) is 2.91. The lowest BCUT2D eigenvalue weighted by Gasteiger charge is -2.15. The van der Waals surface area contributed by atoms with Crippen molar-refractivity contribution < 1.29 is 9.59 Å². The molecule has 21 heavy (non-hydrogen) atoms. The van der Waals surface area contributed by atoms with Crippen LogP contribution in [0.5, 0.6) is 0 Å². The molecule has 0 spiro atoms. The van der Waals surface area contributed by atoms with Crippen LogP contribution in [0.15, 0.2) is 36.8 Å². The largest absolute Gasteiger partial charge is 0.377 e. The van der Waals surface area contributed by atoms with Gasteiger partial charge in [0, 0.05) is 29.2 Å². The Morgan fingerprint density at radius 3 is 2.19 bits per heavy atom. The second kappa shape index (κ2) is 6.00. The molecule has 1 aromatic heterocycles. The van der Waals surface area contributed by atoms with Crippen molar-refractivity contribution in [2.45, 2.75) is 13.0 Å². The van der Waals surface area contributed by atoms with Gasteiger partial charge in [-0.1, -0.05) is 0 Å². The molecule has 2 amide bonds. The summed E-state index contributed by atoms with van der Waals surface area (Å²) in [7, 11) is 0. The minimum Gasteiger partial charge on any atom is -0.377 e. The van der Waals surface area contributed by atoms with Gasteiger partial charge >= 0.3 is 0 Å². The van der Waals surface area contributed by atoms with Gasteiger partial charge in [0.05, 0.1) is 17.9 Å². The maximum atomic E-state index is 11.3. The van der Waals surface area contributed by atoms with Crippen molar-refractivity contribution in [3.63, 3.8) is 0 Å². The zero-order valence-electron chi connectivity index (χ0n) is 11.4. The quantitative estimate of drug-likeness (QED) is 0.751. The maximum Gasteiger partial charge on any atom is 0.248 e. The summed E-state index contributed by atoms with van der Waals surface area (Å²) in [5.74, 6) is -1.26. The minimum absolute atomic E-state index is 0.164. The van der Waals surface area contributed by atoms with E-state index in [4.69, 9.17) is 11.5 Å². The van der Waals surface area contributed by atoms with E-state index in [1.807, 2.05) is 6.92 Å². The third-order valence-corrected chi connectivity index (χ3v) is 2.91. The summed E-state index contributed by atoms with van der Waals surface area (Å²) in [6.07, 6.45) is 4.79. The number of benzene rings is 1. The number of primary amides is 2. The number of carbonyl (C=O) groups is 2. The van der Waals surface area contributed by atoms with E-state index < -0.39 is 11.8 Å². The Labute approximate surface area is 121 Å². The highest BCUT2D eigenvalue weighted by Gasteiger charge is 2.12. The number of carbonyl (C=O) groups excluding carboxylic acids is 2. The van der Waals surface area contributed by atoms with Crippen LogP contribution in [-0.4, -0.2) is 21.8 Å². The zero-order chi connectivity index (χ0) is 15.4. The van der Waals surface area contributed by atoms with Gasteiger partial charge in [-0.05, 0) is 25.1 Å². The summed E-state index contributed by atoms with van der Waals surface area (Å²) in [6.45, 7) is 1.88. The van der Waals surface area contributed by atoms with Crippen LogP contribution in [0, 0.1) is 0 Å². The summed E-state index contributed by atoms with van der Waals surface area (Å²) in [5, 5.41) is 3.13. The van der Waals surface area contributed by atoms with Crippen molar-refractivity contribution in [1.82, 2.24) is 9.97 Å². The highest BCUT2D eigenvalue weighted by atomic mass is 16.1. The number of nitrogens with one attached hydrogen (secondary N) is 1. The molecule has 0 saturated heterocycles. The van der Waals surface area contributed by atoms with Gasteiger partial charge in [-0.3, -0.25) is 19.6 Å². The molecule has 5 N–H and O–H groups in total. The first-order valence-corrected chi connectivity index (χ1v) is 6.24. The Balaban J connectivity index is 2.31. The number of rotatable bonds is 5. The van der Waals surface area contributed by atoms with Gasteiger partial charge in [0.15, 0.2) is 0 Å². The molecule has 108 valence electrons. The van der Waals surface area contributed by atoms with Crippen LogP contribution in [0.1, 0.15) is 39.4 Å². The Morgan fingerprint density at radius 2 is 1.71 bits per heavy atom. The smallest absolute Gasteiger partial charge is 0.248 e. The first-order valence-electron chi connectivity index (χ1n) is 6.24. The molecule has 0 fully saturated rings. The molecule has 0 aliphatic rings. The van der Waals surface area contributed by atoms with E-state index in [9.17, 15) is 9.59 Å². The third kappa shape index (κ3) is 3.53. The second-order valence-electron chi connectivity index (χ2n) is 4.52. The first-order chi connectivity index (χ1) is 9.97.